The van der Waals surface area contributed by atoms with E-state index in [0.29, 0.717) is 6.04 Å². The van der Waals surface area contributed by atoms with Gasteiger partial charge >= 0.3 is 0 Å². The van der Waals surface area contributed by atoms with Crippen molar-refractivity contribution in [2.24, 2.45) is 0 Å². The van der Waals surface area contributed by atoms with E-state index < -0.39 is 0 Å². The van der Waals surface area contributed by atoms with Gasteiger partial charge in [0.25, 0.3) is 0 Å². The van der Waals surface area contributed by atoms with Crippen molar-refractivity contribution in [2.45, 2.75) is 38.8 Å². The molecule has 1 atom stereocenters. The summed E-state index contributed by atoms with van der Waals surface area (Å²) in [5, 5.41) is 9.32. The van der Waals surface area contributed by atoms with Crippen molar-refractivity contribution in [3.05, 3.63) is 23.4 Å². The quantitative estimate of drug-likeness (QED) is 0.877. The fraction of sp³-hybridized carbons (Fsp3) is 0.667. The SMILES string of the molecule is Cc1cc(CO)cc(N2CCN3CCCCC3C2)n1. The number of aliphatic hydroxyl groups excluding tert-OH is 1. The number of aryl methyl sites for hydroxylation is 1. The molecule has 2 aliphatic heterocycles. The molecule has 0 radical (unpaired) electrons. The predicted octanol–water partition coefficient (Wildman–Crippen LogP) is 1.56. The van der Waals surface area contributed by atoms with Crippen LogP contribution in [0.3, 0.4) is 0 Å². The maximum absolute atomic E-state index is 9.32. The van der Waals surface area contributed by atoms with Gasteiger partial charge in [0.2, 0.25) is 0 Å². The molecule has 2 fully saturated rings. The number of aliphatic hydroxyl groups is 1. The molecule has 0 saturated carbocycles. The molecule has 2 aliphatic rings. The minimum Gasteiger partial charge on any atom is -0.392 e. The van der Waals surface area contributed by atoms with Crippen LogP contribution in [0.1, 0.15) is 30.5 Å². The molecular formula is C15H23N3O. The second-order valence-electron chi connectivity index (χ2n) is 5.76. The van der Waals surface area contributed by atoms with E-state index in [1.165, 1.54) is 25.8 Å². The van der Waals surface area contributed by atoms with Crippen molar-refractivity contribution < 1.29 is 5.11 Å². The van der Waals surface area contributed by atoms with Crippen LogP contribution in [0, 0.1) is 6.92 Å². The number of hydrogen-bond donors (Lipinski definition) is 1. The molecule has 19 heavy (non-hydrogen) atoms. The molecule has 0 aromatic carbocycles. The third-order valence-corrected chi connectivity index (χ3v) is 4.34. The summed E-state index contributed by atoms with van der Waals surface area (Å²) in [5.41, 5.74) is 1.96. The van der Waals surface area contributed by atoms with Crippen molar-refractivity contribution in [1.82, 2.24) is 9.88 Å². The van der Waals surface area contributed by atoms with Crippen molar-refractivity contribution >= 4 is 5.82 Å². The summed E-state index contributed by atoms with van der Waals surface area (Å²) in [7, 11) is 0. The van der Waals surface area contributed by atoms with Gasteiger partial charge in [-0.2, -0.15) is 0 Å². The molecule has 3 heterocycles. The van der Waals surface area contributed by atoms with Crippen LogP contribution in [0.15, 0.2) is 12.1 Å². The lowest BCUT2D eigenvalue weighted by Gasteiger charge is -2.44. The molecule has 0 amide bonds. The van der Waals surface area contributed by atoms with Crippen LogP contribution in [0.5, 0.6) is 0 Å². The summed E-state index contributed by atoms with van der Waals surface area (Å²) in [5.74, 6) is 1.04. The van der Waals surface area contributed by atoms with Gasteiger partial charge in [-0.25, -0.2) is 4.98 Å². The highest BCUT2D eigenvalue weighted by atomic mass is 16.3. The summed E-state index contributed by atoms with van der Waals surface area (Å²) in [6.45, 7) is 6.65. The zero-order valence-corrected chi connectivity index (χ0v) is 11.7. The minimum absolute atomic E-state index is 0.0970. The monoisotopic (exact) mass is 261 g/mol. The summed E-state index contributed by atoms with van der Waals surface area (Å²) in [6, 6.07) is 4.69. The largest absolute Gasteiger partial charge is 0.392 e. The van der Waals surface area contributed by atoms with Gasteiger partial charge in [0.05, 0.1) is 6.61 Å². The predicted molar refractivity (Wildman–Crippen MR) is 76.3 cm³/mol. The van der Waals surface area contributed by atoms with Crippen molar-refractivity contribution in [2.75, 3.05) is 31.1 Å². The van der Waals surface area contributed by atoms with Gasteiger partial charge in [-0.05, 0) is 44.0 Å². The van der Waals surface area contributed by atoms with E-state index in [1.54, 1.807) is 0 Å². The lowest BCUT2D eigenvalue weighted by Crippen LogP contribution is -2.55. The number of fused-ring (bicyclic) bond motifs is 1. The Morgan fingerprint density at radius 3 is 3.00 bits per heavy atom. The number of aromatic nitrogens is 1. The van der Waals surface area contributed by atoms with Crippen LogP contribution in [-0.2, 0) is 6.61 Å². The Balaban J connectivity index is 1.77. The van der Waals surface area contributed by atoms with E-state index in [0.717, 1.165) is 36.7 Å². The first-order chi connectivity index (χ1) is 9.26. The van der Waals surface area contributed by atoms with E-state index in [-0.39, 0.29) is 6.61 Å². The highest BCUT2D eigenvalue weighted by molar-refractivity contribution is 5.43. The fourth-order valence-corrected chi connectivity index (χ4v) is 3.34. The summed E-state index contributed by atoms with van der Waals surface area (Å²) >= 11 is 0. The number of nitrogens with zero attached hydrogens (tertiary/aromatic N) is 3. The van der Waals surface area contributed by atoms with Gasteiger partial charge in [-0.15, -0.1) is 0 Å². The van der Waals surface area contributed by atoms with E-state index in [4.69, 9.17) is 0 Å². The lowest BCUT2D eigenvalue weighted by atomic mass is 9.99. The molecule has 0 aliphatic carbocycles. The van der Waals surface area contributed by atoms with Crippen molar-refractivity contribution in [3.63, 3.8) is 0 Å². The molecule has 3 rings (SSSR count). The number of piperazine rings is 1. The van der Waals surface area contributed by atoms with Gasteiger partial charge < -0.3 is 10.0 Å². The van der Waals surface area contributed by atoms with Crippen molar-refractivity contribution in [3.8, 4) is 0 Å². The standard InChI is InChI=1S/C15H23N3O/c1-12-8-13(11-19)9-15(16-12)18-7-6-17-5-3-2-4-14(17)10-18/h8-9,14,19H,2-7,10-11H2,1H3. The van der Waals surface area contributed by atoms with E-state index in [2.05, 4.69) is 14.8 Å². The Morgan fingerprint density at radius 2 is 2.16 bits per heavy atom. The maximum atomic E-state index is 9.32. The second-order valence-corrected chi connectivity index (χ2v) is 5.76. The molecule has 2 saturated heterocycles. The topological polar surface area (TPSA) is 39.6 Å². The lowest BCUT2D eigenvalue weighted by molar-refractivity contribution is 0.133. The normalized spacial score (nSPS) is 24.3. The molecule has 1 aromatic heterocycles. The average molecular weight is 261 g/mol. The van der Waals surface area contributed by atoms with Crippen molar-refractivity contribution in [1.29, 1.82) is 0 Å². The molecule has 4 heteroatoms. The van der Waals surface area contributed by atoms with Gasteiger partial charge in [-0.1, -0.05) is 6.42 Å². The number of pyridine rings is 1. The Bertz CT molecular complexity index is 449. The second kappa shape index (κ2) is 5.47. The van der Waals surface area contributed by atoms with Crippen LogP contribution in [-0.4, -0.2) is 47.2 Å². The molecule has 1 unspecified atom stereocenters. The van der Waals surface area contributed by atoms with Crippen LogP contribution in [0.2, 0.25) is 0 Å². The Morgan fingerprint density at radius 1 is 1.26 bits per heavy atom. The molecular weight excluding hydrogens is 238 g/mol. The van der Waals surface area contributed by atoms with E-state index in [9.17, 15) is 5.11 Å². The Hall–Kier alpha value is -1.13. The first-order valence-corrected chi connectivity index (χ1v) is 7.33. The molecule has 4 nitrogen and oxygen atoms in total. The third kappa shape index (κ3) is 2.74. The smallest absolute Gasteiger partial charge is 0.129 e. The third-order valence-electron chi connectivity index (χ3n) is 4.34. The van der Waals surface area contributed by atoms with E-state index >= 15 is 0 Å². The van der Waals surface area contributed by atoms with Gasteiger partial charge in [-0.3, -0.25) is 4.90 Å². The summed E-state index contributed by atoms with van der Waals surface area (Å²) < 4.78 is 0. The minimum atomic E-state index is 0.0970. The average Bonchev–Trinajstić information content (AvgIpc) is 2.46. The Labute approximate surface area is 115 Å². The zero-order valence-electron chi connectivity index (χ0n) is 11.7. The number of rotatable bonds is 2. The number of hydrogen-bond acceptors (Lipinski definition) is 4. The first-order valence-electron chi connectivity index (χ1n) is 7.33. The van der Waals surface area contributed by atoms with Crippen LogP contribution in [0.25, 0.3) is 0 Å². The summed E-state index contributed by atoms with van der Waals surface area (Å²) in [4.78, 5) is 9.65. The summed E-state index contributed by atoms with van der Waals surface area (Å²) in [6.07, 6.45) is 4.03. The molecule has 104 valence electrons. The maximum Gasteiger partial charge on any atom is 0.129 e. The number of piperidine rings is 1. The first kappa shape index (κ1) is 12.9. The van der Waals surface area contributed by atoms with Gasteiger partial charge in [0, 0.05) is 31.4 Å². The number of anilines is 1. The van der Waals surface area contributed by atoms with Gasteiger partial charge in [0.15, 0.2) is 0 Å². The highest BCUT2D eigenvalue weighted by Crippen LogP contribution is 2.24. The molecule has 0 spiro atoms. The van der Waals surface area contributed by atoms with Crippen LogP contribution >= 0.6 is 0 Å². The zero-order chi connectivity index (χ0) is 13.2. The van der Waals surface area contributed by atoms with E-state index in [1.807, 2.05) is 19.1 Å². The Kier molecular flexibility index (Phi) is 3.71. The van der Waals surface area contributed by atoms with Crippen LogP contribution < -0.4 is 4.90 Å². The molecule has 0 bridgehead atoms. The highest BCUT2D eigenvalue weighted by Gasteiger charge is 2.29. The fourth-order valence-electron chi connectivity index (χ4n) is 3.34. The van der Waals surface area contributed by atoms with Gasteiger partial charge in [0.1, 0.15) is 5.82 Å². The molecule has 1 N–H and O–H groups in total. The van der Waals surface area contributed by atoms with Crippen LogP contribution in [0.4, 0.5) is 5.82 Å². The molecule has 1 aromatic rings.